The fourth-order valence-corrected chi connectivity index (χ4v) is 2.16. The lowest BCUT2D eigenvalue weighted by molar-refractivity contribution is -0.198. The third-order valence-corrected chi connectivity index (χ3v) is 3.39. The van der Waals surface area contributed by atoms with Crippen molar-refractivity contribution in [1.29, 1.82) is 0 Å². The van der Waals surface area contributed by atoms with Crippen LogP contribution >= 0.6 is 0 Å². The fraction of sp³-hybridized carbons (Fsp3) is 0.462. The van der Waals surface area contributed by atoms with E-state index in [1.54, 1.807) is 0 Å². The summed E-state index contributed by atoms with van der Waals surface area (Å²) in [5, 5.41) is 0. The average molecular weight is 293 g/mol. The quantitative estimate of drug-likeness (QED) is 0.783. The normalized spacial score (nSPS) is 16.9. The Morgan fingerprint density at radius 1 is 1.20 bits per heavy atom. The minimum atomic E-state index is -4.59. The van der Waals surface area contributed by atoms with Gasteiger partial charge in [-0.2, -0.15) is 13.2 Å². The molecule has 110 valence electrons. The second-order valence-electron chi connectivity index (χ2n) is 5.02. The molecule has 0 bridgehead atoms. The maximum Gasteiger partial charge on any atom is 0.403 e. The van der Waals surface area contributed by atoms with Crippen molar-refractivity contribution in [3.63, 3.8) is 0 Å². The van der Waals surface area contributed by atoms with Crippen LogP contribution in [0.4, 0.5) is 22.0 Å². The predicted octanol–water partition coefficient (Wildman–Crippen LogP) is 3.27. The maximum absolute atomic E-state index is 13.0. The molecule has 1 aliphatic carbocycles. The highest BCUT2D eigenvalue weighted by molar-refractivity contribution is 5.86. The van der Waals surface area contributed by atoms with Gasteiger partial charge >= 0.3 is 6.18 Å². The standard InChI is InChI=1S/C13H12F5NO/c1-19(7-8-4-9(14)6-10(15)5-8)11(20)12(2-3-12)13(16,17)18/h4-6H,2-3,7H2,1H3. The number of benzene rings is 1. The highest BCUT2D eigenvalue weighted by Gasteiger charge is 2.69. The molecule has 0 radical (unpaired) electrons. The monoisotopic (exact) mass is 293 g/mol. The van der Waals surface area contributed by atoms with Gasteiger partial charge in [-0.1, -0.05) is 0 Å². The van der Waals surface area contributed by atoms with E-state index in [-0.39, 0.29) is 24.9 Å². The van der Waals surface area contributed by atoms with E-state index >= 15 is 0 Å². The average Bonchev–Trinajstić information content (AvgIpc) is 3.06. The molecule has 1 saturated carbocycles. The summed E-state index contributed by atoms with van der Waals surface area (Å²) in [5.41, 5.74) is -2.20. The molecule has 0 unspecified atom stereocenters. The van der Waals surface area contributed by atoms with Gasteiger partial charge in [0.25, 0.3) is 0 Å². The topological polar surface area (TPSA) is 20.3 Å². The van der Waals surface area contributed by atoms with Gasteiger partial charge in [0.2, 0.25) is 5.91 Å². The van der Waals surface area contributed by atoms with Crippen molar-refractivity contribution >= 4 is 5.91 Å². The van der Waals surface area contributed by atoms with E-state index in [0.29, 0.717) is 6.07 Å². The van der Waals surface area contributed by atoms with Crippen LogP contribution < -0.4 is 0 Å². The van der Waals surface area contributed by atoms with E-state index in [9.17, 15) is 26.7 Å². The lowest BCUT2D eigenvalue weighted by Gasteiger charge is -2.25. The number of carbonyl (C=O) groups excluding carboxylic acids is 1. The summed E-state index contributed by atoms with van der Waals surface area (Å²) in [6.07, 6.45) is -5.07. The summed E-state index contributed by atoms with van der Waals surface area (Å²) in [6.45, 7) is -0.272. The smallest absolute Gasteiger partial charge is 0.341 e. The number of halogens is 5. The molecule has 0 aliphatic heterocycles. The summed E-state index contributed by atoms with van der Waals surface area (Å²) in [4.78, 5) is 12.7. The van der Waals surface area contributed by atoms with Crippen molar-refractivity contribution < 1.29 is 26.7 Å². The number of hydrogen-bond donors (Lipinski definition) is 0. The first-order valence-electron chi connectivity index (χ1n) is 5.93. The summed E-state index contributed by atoms with van der Waals surface area (Å²) >= 11 is 0. The molecule has 1 aromatic carbocycles. The van der Waals surface area contributed by atoms with Crippen molar-refractivity contribution in [2.75, 3.05) is 7.05 Å². The largest absolute Gasteiger partial charge is 0.403 e. The van der Waals surface area contributed by atoms with Gasteiger partial charge in [-0.15, -0.1) is 0 Å². The second kappa shape index (κ2) is 4.71. The summed E-state index contributed by atoms with van der Waals surface area (Å²) in [5.74, 6) is -2.73. The van der Waals surface area contributed by atoms with Crippen LogP contribution in [0.2, 0.25) is 0 Å². The first-order valence-corrected chi connectivity index (χ1v) is 5.93. The molecular formula is C13H12F5NO. The minimum absolute atomic E-state index is 0.108. The molecule has 0 spiro atoms. The molecule has 0 N–H and O–H groups in total. The Morgan fingerprint density at radius 2 is 1.70 bits per heavy atom. The molecule has 1 aliphatic rings. The minimum Gasteiger partial charge on any atom is -0.341 e. The molecule has 0 atom stereocenters. The zero-order chi connectivity index (χ0) is 15.1. The number of hydrogen-bond acceptors (Lipinski definition) is 1. The molecule has 1 fully saturated rings. The SMILES string of the molecule is CN(Cc1cc(F)cc(F)c1)C(=O)C1(C(F)(F)F)CC1. The van der Waals surface area contributed by atoms with Crippen molar-refractivity contribution in [3.8, 4) is 0 Å². The van der Waals surface area contributed by atoms with Crippen LogP contribution in [-0.4, -0.2) is 24.0 Å². The summed E-state index contributed by atoms with van der Waals surface area (Å²) in [6, 6.07) is 2.63. The Labute approximate surface area is 112 Å². The lowest BCUT2D eigenvalue weighted by atomic mass is 10.0. The van der Waals surface area contributed by atoms with Gasteiger partial charge in [-0.25, -0.2) is 8.78 Å². The predicted molar refractivity (Wildman–Crippen MR) is 60.6 cm³/mol. The Bertz CT molecular complexity index is 516. The summed E-state index contributed by atoms with van der Waals surface area (Å²) in [7, 11) is 1.19. The molecule has 2 rings (SSSR count). The van der Waals surface area contributed by atoms with E-state index in [4.69, 9.17) is 0 Å². The molecule has 0 aromatic heterocycles. The van der Waals surface area contributed by atoms with Gasteiger partial charge in [0.1, 0.15) is 17.0 Å². The number of amides is 1. The number of alkyl halides is 3. The van der Waals surface area contributed by atoms with E-state index < -0.39 is 29.1 Å². The van der Waals surface area contributed by atoms with Gasteiger partial charge < -0.3 is 4.90 Å². The van der Waals surface area contributed by atoms with Crippen molar-refractivity contribution in [1.82, 2.24) is 4.90 Å². The van der Waals surface area contributed by atoms with E-state index in [1.165, 1.54) is 7.05 Å². The van der Waals surface area contributed by atoms with E-state index in [2.05, 4.69) is 0 Å². The van der Waals surface area contributed by atoms with E-state index in [1.807, 2.05) is 0 Å². The van der Waals surface area contributed by atoms with Gasteiger partial charge in [0.15, 0.2) is 0 Å². The maximum atomic E-state index is 13.0. The van der Waals surface area contributed by atoms with Crippen molar-refractivity contribution in [3.05, 3.63) is 35.4 Å². The number of rotatable bonds is 3. The molecule has 1 amide bonds. The molecule has 2 nitrogen and oxygen atoms in total. The fourth-order valence-electron chi connectivity index (χ4n) is 2.16. The Morgan fingerprint density at radius 3 is 2.10 bits per heavy atom. The van der Waals surface area contributed by atoms with Gasteiger partial charge in [-0.3, -0.25) is 4.79 Å². The molecule has 20 heavy (non-hydrogen) atoms. The van der Waals surface area contributed by atoms with Crippen LogP contribution in [0.5, 0.6) is 0 Å². The molecule has 7 heteroatoms. The van der Waals surface area contributed by atoms with Crippen LogP contribution in [0.25, 0.3) is 0 Å². The van der Waals surface area contributed by atoms with Crippen molar-refractivity contribution in [2.24, 2.45) is 5.41 Å². The molecule has 0 saturated heterocycles. The molecular weight excluding hydrogens is 281 g/mol. The molecule has 0 heterocycles. The van der Waals surface area contributed by atoms with Crippen molar-refractivity contribution in [2.45, 2.75) is 25.6 Å². The molecule has 1 aromatic rings. The van der Waals surface area contributed by atoms with Gasteiger partial charge in [-0.05, 0) is 30.5 Å². The van der Waals surface area contributed by atoms with Crippen LogP contribution in [0.15, 0.2) is 18.2 Å². The first-order chi connectivity index (χ1) is 9.15. The van der Waals surface area contributed by atoms with Crippen LogP contribution in [0, 0.1) is 17.0 Å². The van der Waals surface area contributed by atoms with Gasteiger partial charge in [0.05, 0.1) is 0 Å². The highest BCUT2D eigenvalue weighted by atomic mass is 19.4. The third-order valence-electron chi connectivity index (χ3n) is 3.39. The van der Waals surface area contributed by atoms with E-state index in [0.717, 1.165) is 17.0 Å². The second-order valence-corrected chi connectivity index (χ2v) is 5.02. The summed E-state index contributed by atoms with van der Waals surface area (Å²) < 4.78 is 64.4. The Kier molecular flexibility index (Phi) is 3.47. The first kappa shape index (κ1) is 14.7. The van der Waals surface area contributed by atoms with Crippen LogP contribution in [-0.2, 0) is 11.3 Å². The Hall–Kier alpha value is -1.66. The Balaban J connectivity index is 2.13. The number of carbonyl (C=O) groups is 1. The highest BCUT2D eigenvalue weighted by Crippen LogP contribution is 2.58. The zero-order valence-corrected chi connectivity index (χ0v) is 10.6. The zero-order valence-electron chi connectivity index (χ0n) is 10.6. The van der Waals surface area contributed by atoms with Crippen LogP contribution in [0.1, 0.15) is 18.4 Å². The van der Waals surface area contributed by atoms with Crippen LogP contribution in [0.3, 0.4) is 0 Å². The number of nitrogens with zero attached hydrogens (tertiary/aromatic N) is 1. The third kappa shape index (κ3) is 2.62. The van der Waals surface area contributed by atoms with Gasteiger partial charge in [0, 0.05) is 19.7 Å². The lowest BCUT2D eigenvalue weighted by Crippen LogP contribution is -2.42.